The number of ether oxygens (including phenoxy) is 2. The smallest absolute Gasteiger partial charge is 0.255 e. The predicted molar refractivity (Wildman–Crippen MR) is 395 cm³/mol. The molecule has 3 amide bonds. The molecule has 0 spiro atoms. The van der Waals surface area contributed by atoms with E-state index in [1.807, 2.05) is 210 Å². The van der Waals surface area contributed by atoms with Crippen molar-refractivity contribution in [3.05, 3.63) is 363 Å². The number of aryl methyl sites for hydroxylation is 1. The van der Waals surface area contributed by atoms with Crippen LogP contribution in [0.3, 0.4) is 0 Å². The largest absolute Gasteiger partial charge is 0.493 e. The van der Waals surface area contributed by atoms with Crippen molar-refractivity contribution in [2.75, 3.05) is 33.3 Å². The number of nitrogens with one attached hydrogen (secondary N) is 1. The summed E-state index contributed by atoms with van der Waals surface area (Å²) in [7, 11) is 1.63. The molecule has 11 rings (SSSR count). The van der Waals surface area contributed by atoms with Gasteiger partial charge in [-0.2, -0.15) is 0 Å². The standard InChI is InChI=1S/C32H32N2O.C31H33N3O3.C21H18Cl2N2O/c35-32(16-9-14-27-10-3-1-4-11-27)34(25-23-31-15-7-8-24-33-31)26-30-21-19-29(20-22-30)18-17-28-12-5-2-6-13-28;1-36-30-20-27(15-16-29(30)37-24-26-12-6-3-7-13-26)23-34(19-17-28-14-8-9-18-33-28)31(35)22-32-21-25-10-4-2-5-11-25;22-17-10-8-16(9-11-17)15-25(14-12-18-5-3-4-13-24-18)21(26)19-6-1-2-7-20(19)23/h1-8,10-13,15,17-22,24H,9,14,16,23,25-26H2;2-16,18,20,32H,17,19,21-24H2,1H3;1-11,13H,12,14-15H2/b18-17+;;. The number of carbonyl (C=O) groups excluding carboxylic acids is 3. The van der Waals surface area contributed by atoms with Gasteiger partial charge in [-0.1, -0.05) is 229 Å². The molecule has 0 fully saturated rings. The van der Waals surface area contributed by atoms with Crippen LogP contribution < -0.4 is 14.8 Å². The normalized spacial score (nSPS) is 10.7. The Kier molecular flexibility index (Phi) is 29.4. The van der Waals surface area contributed by atoms with Gasteiger partial charge in [-0.05, 0) is 130 Å². The summed E-state index contributed by atoms with van der Waals surface area (Å²) in [6.07, 6.45) is 14.0. The maximum atomic E-state index is 13.2. The SMILES string of the molecule is COc1cc(CN(CCc2ccccn2)C(=O)CNCc2ccccc2)ccc1OCc1ccccc1.O=C(CCCc1ccccc1)N(CCc1ccccn1)Cc1ccc(/C=C/c2ccccc2)cc1.O=C(c1ccccc1Cl)N(CCc1ccccn1)Cc1ccc(Cl)cc1. The van der Waals surface area contributed by atoms with Crippen molar-refractivity contribution < 1.29 is 23.9 Å². The molecule has 0 saturated carbocycles. The van der Waals surface area contributed by atoms with Crippen LogP contribution in [0.5, 0.6) is 11.5 Å². The topological polar surface area (TPSA) is 130 Å². The number of benzene rings is 8. The van der Waals surface area contributed by atoms with E-state index in [1.165, 1.54) is 11.1 Å². The predicted octanol–water partition coefficient (Wildman–Crippen LogP) is 17.1. The molecule has 0 bridgehead atoms. The second-order valence-electron chi connectivity index (χ2n) is 23.4. The van der Waals surface area contributed by atoms with Crippen molar-refractivity contribution >= 4 is 53.1 Å². The fourth-order valence-corrected chi connectivity index (χ4v) is 11.0. The second kappa shape index (κ2) is 40.1. The summed E-state index contributed by atoms with van der Waals surface area (Å²) in [5, 5.41) is 4.41. The molecule has 0 saturated heterocycles. The van der Waals surface area contributed by atoms with Crippen LogP contribution in [-0.4, -0.2) is 80.7 Å². The highest BCUT2D eigenvalue weighted by molar-refractivity contribution is 6.33. The fraction of sp³-hybridized carbons (Fsp3) is 0.190. The Labute approximate surface area is 587 Å². The quantitative estimate of drug-likeness (QED) is 0.0437. The van der Waals surface area contributed by atoms with Gasteiger partial charge in [0.05, 0.1) is 24.2 Å². The highest BCUT2D eigenvalue weighted by Gasteiger charge is 2.21. The summed E-state index contributed by atoms with van der Waals surface area (Å²) in [4.78, 5) is 58.3. The van der Waals surface area contributed by atoms with E-state index >= 15 is 0 Å². The monoisotopic (exact) mass is 1340 g/mol. The Hall–Kier alpha value is -10.5. The number of rotatable bonds is 30. The lowest BCUT2D eigenvalue weighted by molar-refractivity contribution is -0.132. The van der Waals surface area contributed by atoms with E-state index < -0.39 is 0 Å². The maximum Gasteiger partial charge on any atom is 0.255 e. The molecule has 498 valence electrons. The maximum absolute atomic E-state index is 13.2. The zero-order chi connectivity index (χ0) is 68.2. The molecular formula is C84H83Cl2N7O5. The lowest BCUT2D eigenvalue weighted by Crippen LogP contribution is -2.39. The number of methoxy groups -OCH3 is 1. The average Bonchev–Trinajstić information content (AvgIpc) is 1.11. The van der Waals surface area contributed by atoms with E-state index in [0.29, 0.717) is 98.8 Å². The van der Waals surface area contributed by atoms with E-state index in [2.05, 4.69) is 93.1 Å². The molecule has 98 heavy (non-hydrogen) atoms. The van der Waals surface area contributed by atoms with Gasteiger partial charge in [0.1, 0.15) is 6.61 Å². The zero-order valence-electron chi connectivity index (χ0n) is 55.4. The van der Waals surface area contributed by atoms with Crippen molar-refractivity contribution in [3.8, 4) is 11.5 Å². The summed E-state index contributed by atoms with van der Waals surface area (Å²) < 4.78 is 11.6. The number of aromatic nitrogens is 3. The van der Waals surface area contributed by atoms with Crippen LogP contribution in [0.1, 0.15) is 84.8 Å². The van der Waals surface area contributed by atoms with Crippen molar-refractivity contribution in [3.63, 3.8) is 0 Å². The molecule has 14 heteroatoms. The Balaban J connectivity index is 0.000000175. The number of amides is 3. The highest BCUT2D eigenvalue weighted by Crippen LogP contribution is 2.30. The van der Waals surface area contributed by atoms with E-state index in [4.69, 9.17) is 32.7 Å². The summed E-state index contributed by atoms with van der Waals surface area (Å²) in [6.45, 7) is 4.69. The van der Waals surface area contributed by atoms with Gasteiger partial charge in [-0.25, -0.2) is 0 Å². The van der Waals surface area contributed by atoms with Crippen molar-refractivity contribution in [2.24, 2.45) is 0 Å². The van der Waals surface area contributed by atoms with Crippen molar-refractivity contribution in [2.45, 2.75) is 71.3 Å². The summed E-state index contributed by atoms with van der Waals surface area (Å²) >= 11 is 12.2. The lowest BCUT2D eigenvalue weighted by Gasteiger charge is -2.24. The summed E-state index contributed by atoms with van der Waals surface area (Å²) in [5.74, 6) is 1.46. The molecule has 0 unspecified atom stereocenters. The van der Waals surface area contributed by atoms with Crippen LogP contribution >= 0.6 is 23.2 Å². The highest BCUT2D eigenvalue weighted by atomic mass is 35.5. The van der Waals surface area contributed by atoms with E-state index in [1.54, 1.807) is 36.5 Å². The van der Waals surface area contributed by atoms with Gasteiger partial charge in [0, 0.05) is 112 Å². The first-order chi connectivity index (χ1) is 48.1. The summed E-state index contributed by atoms with van der Waals surface area (Å²) in [6, 6.07) is 87.3. The Morgan fingerprint density at radius 2 is 0.888 bits per heavy atom. The minimum atomic E-state index is -0.0959. The van der Waals surface area contributed by atoms with Gasteiger partial charge in [-0.15, -0.1) is 0 Å². The van der Waals surface area contributed by atoms with Gasteiger partial charge in [0.2, 0.25) is 11.8 Å². The molecule has 3 aromatic heterocycles. The lowest BCUT2D eigenvalue weighted by atomic mass is 10.1. The van der Waals surface area contributed by atoms with Crippen LogP contribution in [-0.2, 0) is 68.1 Å². The van der Waals surface area contributed by atoms with Crippen LogP contribution in [0.2, 0.25) is 10.0 Å². The van der Waals surface area contributed by atoms with E-state index in [-0.39, 0.29) is 24.3 Å². The molecule has 0 atom stereocenters. The number of hydrogen-bond donors (Lipinski definition) is 1. The number of carbonyl (C=O) groups is 3. The van der Waals surface area contributed by atoms with Crippen molar-refractivity contribution in [1.82, 2.24) is 35.0 Å². The Bertz CT molecular complexity index is 4150. The number of hydrogen-bond acceptors (Lipinski definition) is 9. The fourth-order valence-electron chi connectivity index (χ4n) is 10.7. The van der Waals surface area contributed by atoms with Gasteiger partial charge < -0.3 is 29.5 Å². The Morgan fingerprint density at radius 3 is 1.44 bits per heavy atom. The van der Waals surface area contributed by atoms with E-state index in [9.17, 15) is 14.4 Å². The van der Waals surface area contributed by atoms with Gasteiger partial charge in [-0.3, -0.25) is 29.3 Å². The number of pyridine rings is 3. The molecule has 0 aliphatic carbocycles. The molecule has 12 nitrogen and oxygen atoms in total. The molecule has 8 aromatic carbocycles. The average molecular weight is 1340 g/mol. The van der Waals surface area contributed by atoms with Crippen LogP contribution in [0.15, 0.2) is 286 Å². The van der Waals surface area contributed by atoms with Gasteiger partial charge >= 0.3 is 0 Å². The molecule has 1 N–H and O–H groups in total. The van der Waals surface area contributed by atoms with Crippen LogP contribution in [0.4, 0.5) is 0 Å². The summed E-state index contributed by atoms with van der Waals surface area (Å²) in [5.41, 5.74) is 12.4. The van der Waals surface area contributed by atoms with Gasteiger partial charge in [0.25, 0.3) is 5.91 Å². The van der Waals surface area contributed by atoms with Crippen LogP contribution in [0.25, 0.3) is 12.2 Å². The molecule has 0 aliphatic heterocycles. The second-order valence-corrected chi connectivity index (χ2v) is 24.2. The Morgan fingerprint density at radius 1 is 0.429 bits per heavy atom. The number of halogens is 2. The third-order valence-corrected chi connectivity index (χ3v) is 16.7. The molecular weight excluding hydrogens is 1260 g/mol. The molecule has 3 heterocycles. The molecule has 11 aromatic rings. The number of nitrogens with zero attached hydrogens (tertiary/aromatic N) is 6. The first-order valence-electron chi connectivity index (χ1n) is 33.1. The van der Waals surface area contributed by atoms with E-state index in [0.717, 1.165) is 69.7 Å². The minimum Gasteiger partial charge on any atom is -0.493 e. The first-order valence-corrected chi connectivity index (χ1v) is 33.8. The molecule has 0 radical (unpaired) electrons. The zero-order valence-corrected chi connectivity index (χ0v) is 56.9. The third kappa shape index (κ3) is 24.9. The first kappa shape index (κ1) is 71.8. The third-order valence-electron chi connectivity index (χ3n) is 16.1. The van der Waals surface area contributed by atoms with Gasteiger partial charge in [0.15, 0.2) is 11.5 Å². The van der Waals surface area contributed by atoms with Crippen LogP contribution in [0, 0.1) is 0 Å². The minimum absolute atomic E-state index is 0.0373. The van der Waals surface area contributed by atoms with Crippen molar-refractivity contribution in [1.29, 1.82) is 0 Å². The molecule has 0 aliphatic rings.